The zero-order valence-electron chi connectivity index (χ0n) is 6.60. The van der Waals surface area contributed by atoms with E-state index in [4.69, 9.17) is 23.2 Å². The molecule has 0 saturated heterocycles. The van der Waals surface area contributed by atoms with Gasteiger partial charge in [-0.3, -0.25) is 0 Å². The molecule has 0 unspecified atom stereocenters. The Bertz CT molecular complexity index is 323. The van der Waals surface area contributed by atoms with Gasteiger partial charge in [0.2, 0.25) is 0 Å². The van der Waals surface area contributed by atoms with Crippen LogP contribution in [0.25, 0.3) is 0 Å². The van der Waals surface area contributed by atoms with Crippen LogP contribution in [0.5, 0.6) is 0 Å². The van der Waals surface area contributed by atoms with Crippen molar-refractivity contribution in [2.45, 2.75) is 13.3 Å². The van der Waals surface area contributed by atoms with Crippen LogP contribution in [-0.4, -0.2) is 0 Å². The molecule has 13 heavy (non-hydrogen) atoms. The van der Waals surface area contributed by atoms with E-state index in [0.29, 0.717) is 6.42 Å². The topological polar surface area (TPSA) is 0 Å². The molecule has 0 N–H and O–H groups in total. The third kappa shape index (κ3) is 1.83. The first-order valence-corrected chi connectivity index (χ1v) is 5.05. The number of benzene rings is 1. The lowest BCUT2D eigenvalue weighted by atomic mass is 10.1. The molecule has 0 aliphatic rings. The van der Waals surface area contributed by atoms with Crippen LogP contribution in [0, 0.1) is 11.6 Å². The van der Waals surface area contributed by atoms with Gasteiger partial charge in [0.25, 0.3) is 0 Å². The highest BCUT2D eigenvalue weighted by atomic mass is 79.9. The second-order valence-corrected chi connectivity index (χ2v) is 3.95. The molecule has 0 bridgehead atoms. The monoisotopic (exact) mass is 288 g/mol. The molecule has 72 valence electrons. The van der Waals surface area contributed by atoms with Gasteiger partial charge in [-0.25, -0.2) is 8.78 Å². The summed E-state index contributed by atoms with van der Waals surface area (Å²) in [5.41, 5.74) is 0.288. The minimum absolute atomic E-state index is 0.178. The van der Waals surface area contributed by atoms with Gasteiger partial charge in [-0.2, -0.15) is 0 Å². The molecule has 0 saturated carbocycles. The quantitative estimate of drug-likeness (QED) is 0.524. The first kappa shape index (κ1) is 11.2. The Morgan fingerprint density at radius 3 is 2.15 bits per heavy atom. The molecular formula is C8H5BrCl2F2. The van der Waals surface area contributed by atoms with Crippen LogP contribution in [-0.2, 0) is 6.42 Å². The molecule has 0 heterocycles. The highest BCUT2D eigenvalue weighted by molar-refractivity contribution is 9.10. The molecule has 0 aromatic heterocycles. The lowest BCUT2D eigenvalue weighted by Crippen LogP contribution is -1.96. The normalized spacial score (nSPS) is 10.6. The Morgan fingerprint density at radius 1 is 1.15 bits per heavy atom. The minimum atomic E-state index is -0.926. The van der Waals surface area contributed by atoms with Crippen molar-refractivity contribution in [3.05, 3.63) is 31.7 Å². The maximum Gasteiger partial charge on any atom is 0.164 e. The van der Waals surface area contributed by atoms with E-state index >= 15 is 0 Å². The Labute approximate surface area is 93.0 Å². The van der Waals surface area contributed by atoms with Crippen LogP contribution in [0.15, 0.2) is 4.47 Å². The number of hydrogen-bond acceptors (Lipinski definition) is 0. The molecule has 0 aliphatic heterocycles. The molecule has 0 fully saturated rings. The van der Waals surface area contributed by atoms with E-state index in [1.165, 1.54) is 0 Å². The van der Waals surface area contributed by atoms with Gasteiger partial charge < -0.3 is 0 Å². The van der Waals surface area contributed by atoms with E-state index in [2.05, 4.69) is 15.9 Å². The molecule has 0 nitrogen and oxygen atoms in total. The van der Waals surface area contributed by atoms with Crippen molar-refractivity contribution in [3.8, 4) is 0 Å². The Kier molecular flexibility index (Phi) is 3.55. The number of halogens is 5. The average molecular weight is 290 g/mol. The van der Waals surface area contributed by atoms with Gasteiger partial charge in [-0.1, -0.05) is 30.1 Å². The van der Waals surface area contributed by atoms with Gasteiger partial charge in [0.1, 0.15) is 10.8 Å². The van der Waals surface area contributed by atoms with E-state index < -0.39 is 16.7 Å². The minimum Gasteiger partial charge on any atom is -0.205 e. The van der Waals surface area contributed by atoms with Crippen LogP contribution in [0.2, 0.25) is 10.0 Å². The first-order chi connectivity index (χ1) is 6.00. The summed E-state index contributed by atoms with van der Waals surface area (Å²) < 4.78 is 26.5. The number of hydrogen-bond donors (Lipinski definition) is 0. The van der Waals surface area contributed by atoms with Crippen molar-refractivity contribution < 1.29 is 8.78 Å². The average Bonchev–Trinajstić information content (AvgIpc) is 2.13. The molecule has 1 aromatic rings. The number of rotatable bonds is 1. The first-order valence-electron chi connectivity index (χ1n) is 3.51. The van der Waals surface area contributed by atoms with Crippen molar-refractivity contribution in [3.63, 3.8) is 0 Å². The van der Waals surface area contributed by atoms with Crippen LogP contribution < -0.4 is 0 Å². The van der Waals surface area contributed by atoms with E-state index in [1.807, 2.05) is 0 Å². The van der Waals surface area contributed by atoms with Crippen molar-refractivity contribution >= 4 is 39.1 Å². The van der Waals surface area contributed by atoms with Gasteiger partial charge in [0.15, 0.2) is 5.82 Å². The van der Waals surface area contributed by atoms with Crippen LogP contribution >= 0.6 is 39.1 Å². The molecule has 1 rings (SSSR count). The summed E-state index contributed by atoms with van der Waals surface area (Å²) in [6.45, 7) is 1.73. The van der Waals surface area contributed by atoms with Crippen LogP contribution in [0.4, 0.5) is 8.78 Å². The lowest BCUT2D eigenvalue weighted by molar-refractivity contribution is 0.572. The Balaban J connectivity index is 3.56. The summed E-state index contributed by atoms with van der Waals surface area (Å²) >= 11 is 14.0. The highest BCUT2D eigenvalue weighted by Gasteiger charge is 2.19. The summed E-state index contributed by atoms with van der Waals surface area (Å²) in [7, 11) is 0. The van der Waals surface area contributed by atoms with Gasteiger partial charge in [0.05, 0.1) is 5.02 Å². The Hall–Kier alpha value is 0.140. The van der Waals surface area contributed by atoms with Gasteiger partial charge in [-0.05, 0) is 22.4 Å². The molecular weight excluding hydrogens is 285 g/mol. The van der Waals surface area contributed by atoms with E-state index in [-0.39, 0.29) is 15.1 Å². The lowest BCUT2D eigenvalue weighted by Gasteiger charge is -2.08. The van der Waals surface area contributed by atoms with Gasteiger partial charge >= 0.3 is 0 Å². The van der Waals surface area contributed by atoms with Crippen LogP contribution in [0.1, 0.15) is 12.5 Å². The largest absolute Gasteiger partial charge is 0.205 e. The van der Waals surface area contributed by atoms with Crippen molar-refractivity contribution in [1.82, 2.24) is 0 Å². The van der Waals surface area contributed by atoms with E-state index in [9.17, 15) is 8.78 Å². The van der Waals surface area contributed by atoms with E-state index in [1.54, 1.807) is 6.92 Å². The molecule has 5 heteroatoms. The van der Waals surface area contributed by atoms with Crippen molar-refractivity contribution in [2.24, 2.45) is 0 Å². The van der Waals surface area contributed by atoms with Crippen molar-refractivity contribution in [1.29, 1.82) is 0 Å². The zero-order chi connectivity index (χ0) is 10.2. The highest BCUT2D eigenvalue weighted by Crippen LogP contribution is 2.36. The predicted octanol–water partition coefficient (Wildman–Crippen LogP) is 4.60. The maximum absolute atomic E-state index is 13.2. The molecule has 0 amide bonds. The SMILES string of the molecule is CCc1c(F)c(Cl)c(F)c(Cl)c1Br. The zero-order valence-corrected chi connectivity index (χ0v) is 9.69. The molecule has 0 aliphatic carbocycles. The predicted molar refractivity (Wildman–Crippen MR) is 53.5 cm³/mol. The fourth-order valence-corrected chi connectivity index (χ4v) is 2.05. The molecule has 0 spiro atoms. The van der Waals surface area contributed by atoms with E-state index in [0.717, 1.165) is 0 Å². The maximum atomic E-state index is 13.2. The standard InChI is InChI=1S/C8H5BrCl2F2/c1-2-3-4(9)5(10)8(13)6(11)7(3)12/h2H2,1H3. The summed E-state index contributed by atoms with van der Waals surface area (Å²) in [4.78, 5) is 0. The smallest absolute Gasteiger partial charge is 0.164 e. The second kappa shape index (κ2) is 4.11. The van der Waals surface area contributed by atoms with Crippen molar-refractivity contribution in [2.75, 3.05) is 0 Å². The summed E-state index contributed by atoms with van der Waals surface area (Å²) in [6, 6.07) is 0. The molecule has 1 aromatic carbocycles. The third-order valence-electron chi connectivity index (χ3n) is 1.65. The Morgan fingerprint density at radius 2 is 1.69 bits per heavy atom. The fraction of sp³-hybridized carbons (Fsp3) is 0.250. The summed E-state index contributed by atoms with van der Waals surface area (Å²) in [5, 5.41) is -0.728. The molecule has 0 atom stereocenters. The van der Waals surface area contributed by atoms with Gasteiger partial charge in [-0.15, -0.1) is 0 Å². The fourth-order valence-electron chi connectivity index (χ4n) is 0.961. The third-order valence-corrected chi connectivity index (χ3v) is 3.44. The second-order valence-electron chi connectivity index (χ2n) is 2.40. The molecule has 0 radical (unpaired) electrons. The van der Waals surface area contributed by atoms with Crippen LogP contribution in [0.3, 0.4) is 0 Å². The summed E-state index contributed by atoms with van der Waals surface area (Å²) in [5.74, 6) is -1.68. The van der Waals surface area contributed by atoms with Gasteiger partial charge in [0, 0.05) is 10.0 Å². The summed E-state index contributed by atoms with van der Waals surface area (Å²) in [6.07, 6.45) is 0.395.